The van der Waals surface area contributed by atoms with Crippen LogP contribution in [0.25, 0.3) is 0 Å². The van der Waals surface area contributed by atoms with Crippen molar-refractivity contribution in [3.8, 4) is 5.75 Å². The van der Waals surface area contributed by atoms with Crippen LogP contribution in [-0.4, -0.2) is 36.2 Å². The lowest BCUT2D eigenvalue weighted by Crippen LogP contribution is -2.38. The molecule has 0 amide bonds. The summed E-state index contributed by atoms with van der Waals surface area (Å²) >= 11 is 0. The molecule has 2 atom stereocenters. The summed E-state index contributed by atoms with van der Waals surface area (Å²) in [5.74, 6) is 0.787. The van der Waals surface area contributed by atoms with E-state index in [4.69, 9.17) is 4.74 Å². The standard InChI is InChI=1S/C17H27NO2/c1-13-7-8-17(20-3)15(12-13)16(19)9-11-18-10-5-4-6-14(18)2/h7-8,12,14,16,19H,4-6,9-11H2,1-3H3. The molecule has 1 aliphatic heterocycles. The van der Waals surface area contributed by atoms with Gasteiger partial charge in [-0.05, 0) is 51.8 Å². The van der Waals surface area contributed by atoms with E-state index in [9.17, 15) is 5.11 Å². The van der Waals surface area contributed by atoms with Gasteiger partial charge in [0, 0.05) is 18.2 Å². The van der Waals surface area contributed by atoms with E-state index in [1.807, 2.05) is 25.1 Å². The molecule has 3 nitrogen and oxygen atoms in total. The van der Waals surface area contributed by atoms with Crippen molar-refractivity contribution in [1.29, 1.82) is 0 Å². The lowest BCUT2D eigenvalue weighted by Gasteiger charge is -2.33. The molecule has 0 saturated carbocycles. The highest BCUT2D eigenvalue weighted by Gasteiger charge is 2.20. The average Bonchev–Trinajstić information content (AvgIpc) is 2.46. The molecule has 1 fully saturated rings. The Balaban J connectivity index is 1.97. The molecule has 0 radical (unpaired) electrons. The van der Waals surface area contributed by atoms with Crippen LogP contribution in [0.5, 0.6) is 5.75 Å². The van der Waals surface area contributed by atoms with Crippen molar-refractivity contribution in [3.05, 3.63) is 29.3 Å². The molecule has 0 aromatic heterocycles. The zero-order valence-electron chi connectivity index (χ0n) is 12.9. The molecule has 112 valence electrons. The second-order valence-corrected chi connectivity index (χ2v) is 5.93. The van der Waals surface area contributed by atoms with Crippen molar-refractivity contribution >= 4 is 0 Å². The molecule has 1 aromatic rings. The van der Waals surface area contributed by atoms with Gasteiger partial charge >= 0.3 is 0 Å². The van der Waals surface area contributed by atoms with E-state index in [-0.39, 0.29) is 0 Å². The minimum atomic E-state index is -0.445. The number of hydrogen-bond acceptors (Lipinski definition) is 3. The summed E-state index contributed by atoms with van der Waals surface area (Å²) in [6.07, 6.45) is 4.23. The topological polar surface area (TPSA) is 32.7 Å². The summed E-state index contributed by atoms with van der Waals surface area (Å²) in [5, 5.41) is 10.5. The lowest BCUT2D eigenvalue weighted by atomic mass is 10.00. The minimum Gasteiger partial charge on any atom is -0.496 e. The van der Waals surface area contributed by atoms with E-state index < -0.39 is 6.10 Å². The highest BCUT2D eigenvalue weighted by molar-refractivity contribution is 5.38. The van der Waals surface area contributed by atoms with Crippen molar-refractivity contribution in [2.45, 2.75) is 51.7 Å². The lowest BCUT2D eigenvalue weighted by molar-refractivity contribution is 0.108. The Bertz CT molecular complexity index is 433. The van der Waals surface area contributed by atoms with Gasteiger partial charge in [-0.25, -0.2) is 0 Å². The molecule has 2 rings (SSSR count). The Kier molecular flexibility index (Phi) is 5.44. The zero-order valence-corrected chi connectivity index (χ0v) is 12.9. The van der Waals surface area contributed by atoms with Crippen molar-refractivity contribution in [2.24, 2.45) is 0 Å². The number of benzene rings is 1. The number of rotatable bonds is 5. The Labute approximate surface area is 122 Å². The first-order chi connectivity index (χ1) is 9.61. The number of ether oxygens (including phenoxy) is 1. The van der Waals surface area contributed by atoms with Crippen LogP contribution >= 0.6 is 0 Å². The molecular formula is C17H27NO2. The molecule has 0 spiro atoms. The fourth-order valence-electron chi connectivity index (χ4n) is 3.05. The summed E-state index contributed by atoms with van der Waals surface area (Å²) < 4.78 is 5.36. The molecule has 2 unspecified atom stereocenters. The summed E-state index contributed by atoms with van der Waals surface area (Å²) in [4.78, 5) is 2.50. The van der Waals surface area contributed by atoms with Crippen LogP contribution in [0.1, 0.15) is 49.8 Å². The van der Waals surface area contributed by atoms with Gasteiger partial charge in [0.2, 0.25) is 0 Å². The molecule has 0 aliphatic carbocycles. The van der Waals surface area contributed by atoms with E-state index >= 15 is 0 Å². The Morgan fingerprint density at radius 2 is 2.20 bits per heavy atom. The Morgan fingerprint density at radius 1 is 1.40 bits per heavy atom. The van der Waals surface area contributed by atoms with Gasteiger partial charge in [-0.2, -0.15) is 0 Å². The predicted molar refractivity (Wildman–Crippen MR) is 82.2 cm³/mol. The fraction of sp³-hybridized carbons (Fsp3) is 0.647. The molecule has 3 heteroatoms. The number of methoxy groups -OCH3 is 1. The van der Waals surface area contributed by atoms with Crippen LogP contribution in [0.2, 0.25) is 0 Å². The third kappa shape index (κ3) is 3.74. The van der Waals surface area contributed by atoms with Crippen molar-refractivity contribution in [1.82, 2.24) is 4.90 Å². The van der Waals surface area contributed by atoms with Crippen molar-refractivity contribution < 1.29 is 9.84 Å². The summed E-state index contributed by atoms with van der Waals surface area (Å²) in [6, 6.07) is 6.64. The maximum absolute atomic E-state index is 10.5. The Morgan fingerprint density at radius 3 is 2.90 bits per heavy atom. The quantitative estimate of drug-likeness (QED) is 0.896. The molecule has 1 aliphatic rings. The predicted octanol–water partition coefficient (Wildman–Crippen LogP) is 3.30. The van der Waals surface area contributed by atoms with Gasteiger partial charge in [-0.1, -0.05) is 18.1 Å². The first-order valence-corrected chi connectivity index (χ1v) is 7.68. The molecular weight excluding hydrogens is 250 g/mol. The highest BCUT2D eigenvalue weighted by atomic mass is 16.5. The van der Waals surface area contributed by atoms with Crippen LogP contribution in [0, 0.1) is 6.92 Å². The van der Waals surface area contributed by atoms with Crippen LogP contribution in [-0.2, 0) is 0 Å². The van der Waals surface area contributed by atoms with E-state index in [2.05, 4.69) is 11.8 Å². The number of aliphatic hydroxyl groups is 1. The maximum Gasteiger partial charge on any atom is 0.124 e. The Hall–Kier alpha value is -1.06. The smallest absolute Gasteiger partial charge is 0.124 e. The molecule has 1 N–H and O–H groups in total. The monoisotopic (exact) mass is 277 g/mol. The molecule has 1 heterocycles. The summed E-state index contributed by atoms with van der Waals surface area (Å²) in [5.41, 5.74) is 2.07. The molecule has 20 heavy (non-hydrogen) atoms. The van der Waals surface area contributed by atoms with Gasteiger partial charge < -0.3 is 14.7 Å². The molecule has 1 aromatic carbocycles. The van der Waals surface area contributed by atoms with Crippen LogP contribution < -0.4 is 4.74 Å². The third-order valence-corrected chi connectivity index (χ3v) is 4.37. The first kappa shape index (κ1) is 15.3. The molecule has 0 bridgehead atoms. The zero-order chi connectivity index (χ0) is 14.5. The maximum atomic E-state index is 10.5. The minimum absolute atomic E-state index is 0.445. The van der Waals surface area contributed by atoms with Gasteiger partial charge in [0.15, 0.2) is 0 Å². The van der Waals surface area contributed by atoms with Gasteiger partial charge in [0.05, 0.1) is 13.2 Å². The fourth-order valence-corrected chi connectivity index (χ4v) is 3.05. The number of hydrogen-bond donors (Lipinski definition) is 1. The summed E-state index contributed by atoms with van der Waals surface area (Å²) in [6.45, 7) is 6.46. The van der Waals surface area contributed by atoms with Gasteiger partial charge in [-0.3, -0.25) is 0 Å². The number of piperidine rings is 1. The number of aryl methyl sites for hydroxylation is 1. The second-order valence-electron chi connectivity index (χ2n) is 5.93. The van der Waals surface area contributed by atoms with Crippen LogP contribution in [0.15, 0.2) is 18.2 Å². The van der Waals surface area contributed by atoms with E-state index in [0.717, 1.165) is 29.8 Å². The first-order valence-electron chi connectivity index (χ1n) is 7.68. The van der Waals surface area contributed by atoms with E-state index in [1.165, 1.54) is 25.8 Å². The highest BCUT2D eigenvalue weighted by Crippen LogP contribution is 2.29. The number of aliphatic hydroxyl groups excluding tert-OH is 1. The number of nitrogens with zero attached hydrogens (tertiary/aromatic N) is 1. The molecule has 1 saturated heterocycles. The van der Waals surface area contributed by atoms with Crippen molar-refractivity contribution in [3.63, 3.8) is 0 Å². The van der Waals surface area contributed by atoms with Gasteiger partial charge in [0.25, 0.3) is 0 Å². The summed E-state index contributed by atoms with van der Waals surface area (Å²) in [7, 11) is 1.66. The largest absolute Gasteiger partial charge is 0.496 e. The van der Waals surface area contributed by atoms with Gasteiger partial charge in [0.1, 0.15) is 5.75 Å². The third-order valence-electron chi connectivity index (χ3n) is 4.37. The van der Waals surface area contributed by atoms with E-state index in [1.54, 1.807) is 7.11 Å². The van der Waals surface area contributed by atoms with E-state index in [0.29, 0.717) is 6.04 Å². The van der Waals surface area contributed by atoms with Gasteiger partial charge in [-0.15, -0.1) is 0 Å². The van der Waals surface area contributed by atoms with Crippen LogP contribution in [0.3, 0.4) is 0 Å². The van der Waals surface area contributed by atoms with Crippen molar-refractivity contribution in [2.75, 3.05) is 20.2 Å². The number of likely N-dealkylation sites (tertiary alicyclic amines) is 1. The SMILES string of the molecule is COc1ccc(C)cc1C(O)CCN1CCCCC1C. The normalized spacial score (nSPS) is 21.7. The average molecular weight is 277 g/mol. The van der Waals surface area contributed by atoms with Crippen LogP contribution in [0.4, 0.5) is 0 Å². The second kappa shape index (κ2) is 7.09.